The fourth-order valence-corrected chi connectivity index (χ4v) is 3.03. The van der Waals surface area contributed by atoms with Gasteiger partial charge in [0.15, 0.2) is 0 Å². The molecular formula is C15H18N2O2. The van der Waals surface area contributed by atoms with Gasteiger partial charge < -0.3 is 4.57 Å². The van der Waals surface area contributed by atoms with Gasteiger partial charge >= 0.3 is 0 Å². The van der Waals surface area contributed by atoms with E-state index in [-0.39, 0.29) is 17.3 Å². The van der Waals surface area contributed by atoms with Crippen LogP contribution in [0.15, 0.2) is 15.9 Å². The van der Waals surface area contributed by atoms with Gasteiger partial charge in [0.25, 0.3) is 5.56 Å². The summed E-state index contributed by atoms with van der Waals surface area (Å²) >= 11 is 0. The first-order valence-corrected chi connectivity index (χ1v) is 6.95. The van der Waals surface area contributed by atoms with Crippen LogP contribution in [0.25, 0.3) is 0 Å². The minimum Gasteiger partial charge on any atom is -0.310 e. The van der Waals surface area contributed by atoms with E-state index in [1.165, 1.54) is 0 Å². The lowest BCUT2D eigenvalue weighted by molar-refractivity contribution is -0.121. The van der Waals surface area contributed by atoms with Crippen LogP contribution in [0.4, 0.5) is 5.69 Å². The van der Waals surface area contributed by atoms with Crippen LogP contribution in [0.1, 0.15) is 37.4 Å². The lowest BCUT2D eigenvalue weighted by Crippen LogP contribution is -2.28. The monoisotopic (exact) mass is 258 g/mol. The fourth-order valence-electron chi connectivity index (χ4n) is 3.03. The van der Waals surface area contributed by atoms with Crippen molar-refractivity contribution in [3.8, 4) is 0 Å². The van der Waals surface area contributed by atoms with Crippen molar-refractivity contribution in [2.24, 2.45) is 10.9 Å². The van der Waals surface area contributed by atoms with Gasteiger partial charge in [-0.05, 0) is 50.7 Å². The van der Waals surface area contributed by atoms with Crippen LogP contribution < -0.4 is 5.56 Å². The van der Waals surface area contributed by atoms with Crippen molar-refractivity contribution in [3.63, 3.8) is 0 Å². The summed E-state index contributed by atoms with van der Waals surface area (Å²) in [5.74, 6) is 0.158. The highest BCUT2D eigenvalue weighted by Crippen LogP contribution is 2.25. The van der Waals surface area contributed by atoms with Gasteiger partial charge in [-0.2, -0.15) is 0 Å². The Morgan fingerprint density at radius 2 is 2.26 bits per heavy atom. The third-order valence-corrected chi connectivity index (χ3v) is 4.17. The SMILES string of the molecule is CC(=O)C1CCCc2cc3c(c(=O)n2C1)N=CCC3. The Labute approximate surface area is 112 Å². The maximum Gasteiger partial charge on any atom is 0.276 e. The first-order chi connectivity index (χ1) is 9.16. The lowest BCUT2D eigenvalue weighted by atomic mass is 9.99. The van der Waals surface area contributed by atoms with Crippen molar-refractivity contribution in [2.45, 2.75) is 45.6 Å². The number of hydrogen-bond acceptors (Lipinski definition) is 3. The maximum atomic E-state index is 12.5. The number of nitrogens with zero attached hydrogens (tertiary/aromatic N) is 2. The van der Waals surface area contributed by atoms with E-state index in [0.29, 0.717) is 12.2 Å². The normalized spacial score (nSPS) is 21.4. The van der Waals surface area contributed by atoms with Crippen LogP contribution in [0.2, 0.25) is 0 Å². The molecule has 1 unspecified atom stereocenters. The van der Waals surface area contributed by atoms with Gasteiger partial charge in [-0.25, -0.2) is 0 Å². The van der Waals surface area contributed by atoms with E-state index in [0.717, 1.165) is 43.4 Å². The van der Waals surface area contributed by atoms with Crippen LogP contribution in [-0.2, 0) is 24.2 Å². The summed E-state index contributed by atoms with van der Waals surface area (Å²) in [5.41, 5.74) is 2.71. The zero-order valence-electron chi connectivity index (χ0n) is 11.2. The maximum absolute atomic E-state index is 12.5. The number of carbonyl (C=O) groups is 1. The zero-order valence-corrected chi connectivity index (χ0v) is 11.2. The van der Waals surface area contributed by atoms with E-state index in [1.54, 1.807) is 11.5 Å². The quantitative estimate of drug-likeness (QED) is 0.774. The minimum absolute atomic E-state index is 0.0170. The summed E-state index contributed by atoms with van der Waals surface area (Å²) in [4.78, 5) is 28.4. The van der Waals surface area contributed by atoms with Crippen LogP contribution in [-0.4, -0.2) is 16.6 Å². The molecule has 2 aliphatic rings. The summed E-state index contributed by atoms with van der Waals surface area (Å²) in [6.07, 6.45) is 6.37. The van der Waals surface area contributed by atoms with Crippen LogP contribution in [0, 0.1) is 5.92 Å². The van der Waals surface area contributed by atoms with E-state index in [1.807, 2.05) is 6.21 Å². The Balaban J connectivity index is 2.11. The molecule has 4 nitrogen and oxygen atoms in total. The zero-order chi connectivity index (χ0) is 13.4. The summed E-state index contributed by atoms with van der Waals surface area (Å²) in [5, 5.41) is 0. The topological polar surface area (TPSA) is 51.4 Å². The molecule has 0 bridgehead atoms. The van der Waals surface area contributed by atoms with Gasteiger partial charge in [0, 0.05) is 24.4 Å². The Morgan fingerprint density at radius 1 is 1.42 bits per heavy atom. The standard InChI is InChI=1S/C15H18N2O2/c1-10(18)12-4-2-6-13-8-11-5-3-7-16-14(11)15(19)17(13)9-12/h7-8,12H,2-6,9H2,1H3. The molecule has 0 aromatic carbocycles. The average Bonchev–Trinajstić information content (AvgIpc) is 2.62. The number of pyridine rings is 1. The smallest absolute Gasteiger partial charge is 0.276 e. The van der Waals surface area contributed by atoms with E-state index < -0.39 is 0 Å². The number of aryl methyl sites for hydroxylation is 2. The van der Waals surface area contributed by atoms with Gasteiger partial charge in [-0.3, -0.25) is 14.6 Å². The Hall–Kier alpha value is -1.71. The van der Waals surface area contributed by atoms with E-state index >= 15 is 0 Å². The van der Waals surface area contributed by atoms with E-state index in [2.05, 4.69) is 11.1 Å². The molecule has 4 heteroatoms. The van der Waals surface area contributed by atoms with Crippen molar-refractivity contribution in [3.05, 3.63) is 27.7 Å². The van der Waals surface area contributed by atoms with Gasteiger partial charge in [0.1, 0.15) is 11.5 Å². The lowest BCUT2D eigenvalue weighted by Gasteiger charge is -2.17. The van der Waals surface area contributed by atoms with Gasteiger partial charge in [0.2, 0.25) is 0 Å². The second-order valence-electron chi connectivity index (χ2n) is 5.48. The number of carbonyl (C=O) groups excluding carboxylic acids is 1. The summed E-state index contributed by atoms with van der Waals surface area (Å²) in [6.45, 7) is 2.14. The Kier molecular flexibility index (Phi) is 3.09. The highest BCUT2D eigenvalue weighted by Gasteiger charge is 2.23. The molecule has 0 saturated carbocycles. The first kappa shape index (κ1) is 12.3. The molecule has 2 aliphatic heterocycles. The number of ketones is 1. The summed E-state index contributed by atoms with van der Waals surface area (Å²) < 4.78 is 1.78. The number of hydrogen-bond donors (Lipinski definition) is 0. The molecule has 0 radical (unpaired) electrons. The predicted molar refractivity (Wildman–Crippen MR) is 74.3 cm³/mol. The second-order valence-corrected chi connectivity index (χ2v) is 5.48. The number of aromatic nitrogens is 1. The molecule has 0 spiro atoms. The molecule has 1 aromatic heterocycles. The highest BCUT2D eigenvalue weighted by atomic mass is 16.1. The van der Waals surface area contributed by atoms with Crippen molar-refractivity contribution in [2.75, 3.05) is 0 Å². The number of fused-ring (bicyclic) bond motifs is 2. The number of aliphatic imine (C=N–C) groups is 1. The Morgan fingerprint density at radius 3 is 3.05 bits per heavy atom. The molecule has 3 heterocycles. The highest BCUT2D eigenvalue weighted by molar-refractivity contribution is 5.78. The molecular weight excluding hydrogens is 240 g/mol. The Bertz CT molecular complexity index is 613. The van der Waals surface area contributed by atoms with Gasteiger partial charge in [-0.1, -0.05) is 0 Å². The molecule has 1 atom stereocenters. The summed E-state index contributed by atoms with van der Waals surface area (Å²) in [6, 6.07) is 2.12. The molecule has 19 heavy (non-hydrogen) atoms. The van der Waals surface area contributed by atoms with Crippen LogP contribution in [0.3, 0.4) is 0 Å². The van der Waals surface area contributed by atoms with Crippen LogP contribution in [0.5, 0.6) is 0 Å². The second kappa shape index (κ2) is 4.76. The minimum atomic E-state index is -0.0235. The number of Topliss-reactive ketones (excluding diaryl/α,β-unsaturated/α-hetero) is 1. The third kappa shape index (κ3) is 2.15. The molecule has 100 valence electrons. The predicted octanol–water partition coefficient (Wildman–Crippen LogP) is 2.04. The van der Waals surface area contributed by atoms with E-state index in [4.69, 9.17) is 0 Å². The molecule has 3 rings (SSSR count). The molecule has 0 amide bonds. The van der Waals surface area contributed by atoms with Crippen LogP contribution >= 0.6 is 0 Å². The molecule has 0 saturated heterocycles. The average molecular weight is 258 g/mol. The first-order valence-electron chi connectivity index (χ1n) is 6.95. The van der Waals surface area contributed by atoms with E-state index in [9.17, 15) is 9.59 Å². The van der Waals surface area contributed by atoms with Crippen molar-refractivity contribution in [1.29, 1.82) is 0 Å². The molecule has 1 aromatic rings. The van der Waals surface area contributed by atoms with Gasteiger partial charge in [0.05, 0.1) is 0 Å². The number of rotatable bonds is 1. The third-order valence-electron chi connectivity index (χ3n) is 4.17. The molecule has 0 N–H and O–H groups in total. The largest absolute Gasteiger partial charge is 0.310 e. The fraction of sp³-hybridized carbons (Fsp3) is 0.533. The molecule has 0 fully saturated rings. The summed E-state index contributed by atoms with van der Waals surface area (Å²) in [7, 11) is 0. The van der Waals surface area contributed by atoms with Crippen molar-refractivity contribution in [1.82, 2.24) is 4.57 Å². The van der Waals surface area contributed by atoms with Gasteiger partial charge in [-0.15, -0.1) is 0 Å². The van der Waals surface area contributed by atoms with Crippen molar-refractivity contribution < 1.29 is 4.79 Å². The molecule has 0 aliphatic carbocycles. The van der Waals surface area contributed by atoms with Crippen molar-refractivity contribution >= 4 is 17.7 Å².